The minimum absolute atomic E-state index is 0.0383. The SMILES string of the molecule is O=C(c1cccc(F)c1)C1CC2CCC(C1)N2Cc1ccccc1. The Morgan fingerprint density at radius 2 is 1.71 bits per heavy atom. The van der Waals surface area contributed by atoms with E-state index in [0.717, 1.165) is 19.4 Å². The van der Waals surface area contributed by atoms with Crippen LogP contribution >= 0.6 is 0 Å². The average Bonchev–Trinajstić information content (AvgIpc) is 2.83. The van der Waals surface area contributed by atoms with Crippen LogP contribution in [-0.4, -0.2) is 22.8 Å². The first kappa shape index (κ1) is 15.5. The molecule has 0 aliphatic carbocycles. The van der Waals surface area contributed by atoms with Crippen molar-refractivity contribution in [3.63, 3.8) is 0 Å². The first-order valence-electron chi connectivity index (χ1n) is 8.80. The molecule has 0 saturated carbocycles. The first-order valence-corrected chi connectivity index (χ1v) is 8.80. The number of rotatable bonds is 4. The van der Waals surface area contributed by atoms with Gasteiger partial charge in [0.1, 0.15) is 5.82 Å². The Hall–Kier alpha value is -2.00. The van der Waals surface area contributed by atoms with E-state index in [2.05, 4.69) is 29.2 Å². The standard InChI is InChI=1S/C21H22FNO/c22-18-8-4-7-16(11-18)21(24)17-12-19-9-10-20(13-17)23(19)14-15-5-2-1-3-6-15/h1-8,11,17,19-20H,9-10,12-14H2. The van der Waals surface area contributed by atoms with Gasteiger partial charge in [0.2, 0.25) is 0 Å². The lowest BCUT2D eigenvalue weighted by Crippen LogP contribution is -2.44. The van der Waals surface area contributed by atoms with Crippen LogP contribution in [0.1, 0.15) is 41.6 Å². The Balaban J connectivity index is 1.47. The van der Waals surface area contributed by atoms with E-state index in [1.165, 1.54) is 30.5 Å². The van der Waals surface area contributed by atoms with E-state index in [1.54, 1.807) is 12.1 Å². The number of halogens is 1. The van der Waals surface area contributed by atoms with Gasteiger partial charge in [-0.25, -0.2) is 4.39 Å². The monoisotopic (exact) mass is 323 g/mol. The van der Waals surface area contributed by atoms with Gasteiger partial charge in [-0.15, -0.1) is 0 Å². The zero-order valence-corrected chi connectivity index (χ0v) is 13.7. The number of ketones is 1. The molecule has 0 amide bonds. The number of piperidine rings is 1. The predicted molar refractivity (Wildman–Crippen MR) is 92.2 cm³/mol. The summed E-state index contributed by atoms with van der Waals surface area (Å²) in [5.41, 5.74) is 1.86. The van der Waals surface area contributed by atoms with Crippen molar-refractivity contribution < 1.29 is 9.18 Å². The summed E-state index contributed by atoms with van der Waals surface area (Å²) in [6.07, 6.45) is 4.15. The largest absolute Gasteiger partial charge is 0.294 e. The Labute approximate surface area is 142 Å². The number of benzene rings is 2. The number of carbonyl (C=O) groups excluding carboxylic acids is 1. The van der Waals surface area contributed by atoms with E-state index in [0.29, 0.717) is 17.6 Å². The van der Waals surface area contributed by atoms with Crippen LogP contribution in [0, 0.1) is 11.7 Å². The third-order valence-electron chi connectivity index (χ3n) is 5.57. The van der Waals surface area contributed by atoms with Crippen LogP contribution in [0.2, 0.25) is 0 Å². The Kier molecular flexibility index (Phi) is 4.19. The summed E-state index contributed by atoms with van der Waals surface area (Å²) in [6.45, 7) is 0.969. The lowest BCUT2D eigenvalue weighted by Gasteiger charge is -2.38. The van der Waals surface area contributed by atoms with Crippen molar-refractivity contribution in [3.05, 3.63) is 71.5 Å². The highest BCUT2D eigenvalue weighted by Gasteiger charge is 2.42. The molecule has 2 heterocycles. The molecular formula is C21H22FNO. The maximum Gasteiger partial charge on any atom is 0.166 e. The van der Waals surface area contributed by atoms with Gasteiger partial charge >= 0.3 is 0 Å². The van der Waals surface area contributed by atoms with Crippen LogP contribution in [0.3, 0.4) is 0 Å². The van der Waals surface area contributed by atoms with Gasteiger partial charge in [-0.1, -0.05) is 42.5 Å². The molecule has 2 aliphatic rings. The average molecular weight is 323 g/mol. The molecule has 2 aliphatic heterocycles. The molecule has 2 atom stereocenters. The maximum atomic E-state index is 13.4. The molecular weight excluding hydrogens is 301 g/mol. The van der Waals surface area contributed by atoms with E-state index in [9.17, 15) is 9.18 Å². The van der Waals surface area contributed by atoms with Crippen molar-refractivity contribution in [2.75, 3.05) is 0 Å². The van der Waals surface area contributed by atoms with E-state index < -0.39 is 0 Å². The molecule has 2 unspecified atom stereocenters. The molecule has 0 aromatic heterocycles. The molecule has 24 heavy (non-hydrogen) atoms. The normalized spacial score (nSPS) is 26.5. The summed E-state index contributed by atoms with van der Waals surface area (Å²) in [5, 5.41) is 0. The first-order chi connectivity index (χ1) is 11.7. The second kappa shape index (κ2) is 6.48. The minimum atomic E-state index is -0.328. The lowest BCUT2D eigenvalue weighted by molar-refractivity contribution is 0.0678. The molecule has 0 spiro atoms. The van der Waals surface area contributed by atoms with Crippen LogP contribution in [0.4, 0.5) is 4.39 Å². The zero-order valence-electron chi connectivity index (χ0n) is 13.7. The second-order valence-electron chi connectivity index (χ2n) is 7.09. The quantitative estimate of drug-likeness (QED) is 0.775. The highest BCUT2D eigenvalue weighted by molar-refractivity contribution is 5.98. The van der Waals surface area contributed by atoms with Crippen LogP contribution in [0.5, 0.6) is 0 Å². The number of carbonyl (C=O) groups is 1. The molecule has 0 N–H and O–H groups in total. The highest BCUT2D eigenvalue weighted by atomic mass is 19.1. The van der Waals surface area contributed by atoms with E-state index in [-0.39, 0.29) is 17.5 Å². The summed E-state index contributed by atoms with van der Waals surface area (Å²) >= 11 is 0. The third kappa shape index (κ3) is 3.01. The topological polar surface area (TPSA) is 20.3 Å². The van der Waals surface area contributed by atoms with Gasteiger partial charge in [0, 0.05) is 30.1 Å². The third-order valence-corrected chi connectivity index (χ3v) is 5.57. The van der Waals surface area contributed by atoms with Crippen molar-refractivity contribution in [1.82, 2.24) is 4.90 Å². The summed E-state index contributed by atoms with van der Waals surface area (Å²) in [4.78, 5) is 15.3. The minimum Gasteiger partial charge on any atom is -0.294 e. The second-order valence-corrected chi connectivity index (χ2v) is 7.09. The van der Waals surface area contributed by atoms with E-state index >= 15 is 0 Å². The maximum absolute atomic E-state index is 13.4. The Morgan fingerprint density at radius 1 is 1.00 bits per heavy atom. The van der Waals surface area contributed by atoms with Crippen LogP contribution in [-0.2, 0) is 6.54 Å². The van der Waals surface area contributed by atoms with Crippen molar-refractivity contribution in [2.45, 2.75) is 44.3 Å². The number of nitrogens with zero attached hydrogens (tertiary/aromatic N) is 1. The van der Waals surface area contributed by atoms with Gasteiger partial charge in [0.25, 0.3) is 0 Å². The molecule has 2 bridgehead atoms. The van der Waals surface area contributed by atoms with E-state index in [4.69, 9.17) is 0 Å². The van der Waals surface area contributed by atoms with Crippen LogP contribution < -0.4 is 0 Å². The van der Waals surface area contributed by atoms with Crippen molar-refractivity contribution in [2.24, 2.45) is 5.92 Å². The number of Topliss-reactive ketones (excluding diaryl/α,β-unsaturated/α-hetero) is 1. The van der Waals surface area contributed by atoms with Gasteiger partial charge in [0.15, 0.2) is 5.78 Å². The Morgan fingerprint density at radius 3 is 2.38 bits per heavy atom. The molecule has 124 valence electrons. The molecule has 2 fully saturated rings. The molecule has 3 heteroatoms. The fourth-order valence-electron chi connectivity index (χ4n) is 4.42. The van der Waals surface area contributed by atoms with Crippen molar-refractivity contribution >= 4 is 5.78 Å². The molecule has 2 aromatic carbocycles. The number of hydrogen-bond acceptors (Lipinski definition) is 2. The smallest absolute Gasteiger partial charge is 0.166 e. The zero-order chi connectivity index (χ0) is 16.5. The highest BCUT2D eigenvalue weighted by Crippen LogP contribution is 2.40. The summed E-state index contributed by atoms with van der Waals surface area (Å²) in [7, 11) is 0. The number of fused-ring (bicyclic) bond motifs is 2. The van der Waals surface area contributed by atoms with Gasteiger partial charge in [-0.05, 0) is 43.4 Å². The summed E-state index contributed by atoms with van der Waals surface area (Å²) < 4.78 is 13.4. The van der Waals surface area contributed by atoms with Gasteiger partial charge < -0.3 is 0 Å². The summed E-state index contributed by atoms with van der Waals surface area (Å²) in [5.74, 6) is -0.174. The molecule has 2 saturated heterocycles. The predicted octanol–water partition coefficient (Wildman–Crippen LogP) is 4.45. The van der Waals surface area contributed by atoms with Crippen molar-refractivity contribution in [1.29, 1.82) is 0 Å². The number of hydrogen-bond donors (Lipinski definition) is 0. The van der Waals surface area contributed by atoms with Crippen LogP contribution in [0.25, 0.3) is 0 Å². The Bertz CT molecular complexity index is 716. The van der Waals surface area contributed by atoms with E-state index in [1.807, 2.05) is 6.07 Å². The molecule has 4 rings (SSSR count). The van der Waals surface area contributed by atoms with Gasteiger partial charge in [0.05, 0.1) is 0 Å². The van der Waals surface area contributed by atoms with Gasteiger partial charge in [-0.2, -0.15) is 0 Å². The van der Waals surface area contributed by atoms with Crippen molar-refractivity contribution in [3.8, 4) is 0 Å². The summed E-state index contributed by atoms with van der Waals surface area (Å²) in [6, 6.07) is 17.6. The molecule has 2 nitrogen and oxygen atoms in total. The molecule has 2 aromatic rings. The fourth-order valence-corrected chi connectivity index (χ4v) is 4.42. The van der Waals surface area contributed by atoms with Crippen LogP contribution in [0.15, 0.2) is 54.6 Å². The lowest BCUT2D eigenvalue weighted by atomic mass is 9.84. The van der Waals surface area contributed by atoms with Gasteiger partial charge in [-0.3, -0.25) is 9.69 Å². The fraction of sp³-hybridized carbons (Fsp3) is 0.381. The molecule has 0 radical (unpaired) electrons.